The van der Waals surface area contributed by atoms with E-state index in [1.165, 1.54) is 10.9 Å². The monoisotopic (exact) mass is 364 g/mol. The molecular formula is C19H20N6O2. The average Bonchev–Trinajstić information content (AvgIpc) is 3.08. The van der Waals surface area contributed by atoms with E-state index in [4.69, 9.17) is 0 Å². The van der Waals surface area contributed by atoms with Crippen LogP contribution in [0.5, 0.6) is 0 Å². The molecule has 0 saturated carbocycles. The molecule has 8 nitrogen and oxygen atoms in total. The van der Waals surface area contributed by atoms with E-state index in [2.05, 4.69) is 25.7 Å². The van der Waals surface area contributed by atoms with Gasteiger partial charge in [0.2, 0.25) is 5.91 Å². The van der Waals surface area contributed by atoms with Gasteiger partial charge in [-0.3, -0.25) is 14.3 Å². The van der Waals surface area contributed by atoms with E-state index in [-0.39, 0.29) is 18.4 Å². The van der Waals surface area contributed by atoms with E-state index < -0.39 is 0 Å². The Morgan fingerprint density at radius 3 is 2.52 bits per heavy atom. The lowest BCUT2D eigenvalue weighted by Crippen LogP contribution is -2.33. The highest BCUT2D eigenvalue weighted by molar-refractivity contribution is 5.98. The van der Waals surface area contributed by atoms with Crippen molar-refractivity contribution in [3.05, 3.63) is 59.8 Å². The predicted octanol–water partition coefficient (Wildman–Crippen LogP) is 1.86. The normalized spacial score (nSPS) is 10.5. The Morgan fingerprint density at radius 1 is 1.11 bits per heavy atom. The van der Waals surface area contributed by atoms with Crippen LogP contribution in [0.3, 0.4) is 0 Å². The molecule has 138 valence electrons. The van der Waals surface area contributed by atoms with Crippen LogP contribution in [0.25, 0.3) is 11.3 Å². The first-order valence-corrected chi connectivity index (χ1v) is 8.41. The highest BCUT2D eigenvalue weighted by Gasteiger charge is 2.11. The molecule has 2 amide bonds. The second-order valence-electron chi connectivity index (χ2n) is 6.10. The number of rotatable bonds is 5. The van der Waals surface area contributed by atoms with Crippen LogP contribution in [-0.4, -0.2) is 38.1 Å². The number of nitrogens with zero attached hydrogens (tertiary/aromatic N) is 4. The van der Waals surface area contributed by atoms with Crippen LogP contribution in [0.4, 0.5) is 5.69 Å². The fourth-order valence-electron chi connectivity index (χ4n) is 2.59. The van der Waals surface area contributed by atoms with E-state index in [1.54, 1.807) is 31.4 Å². The van der Waals surface area contributed by atoms with Crippen LogP contribution < -0.4 is 10.6 Å². The minimum absolute atomic E-state index is 0.129. The number of carbonyl (C=O) groups excluding carboxylic acids is 2. The van der Waals surface area contributed by atoms with Crippen molar-refractivity contribution in [3.63, 3.8) is 0 Å². The molecule has 2 heterocycles. The van der Waals surface area contributed by atoms with Crippen LogP contribution >= 0.6 is 0 Å². The van der Waals surface area contributed by atoms with Gasteiger partial charge in [-0.25, -0.2) is 9.97 Å². The average molecular weight is 364 g/mol. The van der Waals surface area contributed by atoms with Gasteiger partial charge in [0.1, 0.15) is 11.5 Å². The third-order valence-electron chi connectivity index (χ3n) is 4.00. The van der Waals surface area contributed by atoms with E-state index in [9.17, 15) is 9.59 Å². The maximum atomic E-state index is 12.1. The van der Waals surface area contributed by atoms with Crippen LogP contribution in [0.15, 0.2) is 42.7 Å². The van der Waals surface area contributed by atoms with Crippen LogP contribution in [0, 0.1) is 13.8 Å². The summed E-state index contributed by atoms with van der Waals surface area (Å²) in [7, 11) is 1.66. The summed E-state index contributed by atoms with van der Waals surface area (Å²) in [6.07, 6.45) is 3.32. The molecule has 0 atom stereocenters. The standard InChI is InChI=1S/C19H20N6O2/c1-12-10-20-13(2)23-18(12)14-4-6-15(7-5-14)24-17(26)11-21-19(27)16-8-9-22-25(16)3/h4-10H,11H2,1-3H3,(H,21,27)(H,24,26). The summed E-state index contributed by atoms with van der Waals surface area (Å²) >= 11 is 0. The molecule has 3 rings (SSSR count). The van der Waals surface area contributed by atoms with Crippen LogP contribution in [0.2, 0.25) is 0 Å². The molecule has 27 heavy (non-hydrogen) atoms. The summed E-state index contributed by atoms with van der Waals surface area (Å²) in [5.74, 6) is 0.0413. The fourth-order valence-corrected chi connectivity index (χ4v) is 2.59. The SMILES string of the molecule is Cc1ncc(C)c(-c2ccc(NC(=O)CNC(=O)c3ccnn3C)cc2)n1. The summed E-state index contributed by atoms with van der Waals surface area (Å²) < 4.78 is 1.45. The first kappa shape index (κ1) is 18.2. The van der Waals surface area contributed by atoms with E-state index in [0.717, 1.165) is 16.8 Å². The molecule has 0 saturated heterocycles. The summed E-state index contributed by atoms with van der Waals surface area (Å²) in [5.41, 5.74) is 3.82. The smallest absolute Gasteiger partial charge is 0.269 e. The Morgan fingerprint density at radius 2 is 1.85 bits per heavy atom. The van der Waals surface area contributed by atoms with Crippen LogP contribution in [0.1, 0.15) is 21.9 Å². The predicted molar refractivity (Wildman–Crippen MR) is 101 cm³/mol. The van der Waals surface area contributed by atoms with Gasteiger partial charge in [-0.1, -0.05) is 12.1 Å². The number of aryl methyl sites for hydroxylation is 3. The zero-order chi connectivity index (χ0) is 19.4. The van der Waals surface area contributed by atoms with Gasteiger partial charge in [-0.05, 0) is 37.6 Å². The lowest BCUT2D eigenvalue weighted by Gasteiger charge is -2.09. The second kappa shape index (κ2) is 7.77. The lowest BCUT2D eigenvalue weighted by molar-refractivity contribution is -0.115. The first-order valence-electron chi connectivity index (χ1n) is 8.41. The maximum Gasteiger partial charge on any atom is 0.269 e. The zero-order valence-electron chi connectivity index (χ0n) is 15.4. The number of carbonyl (C=O) groups is 2. The molecule has 0 aliphatic heterocycles. The van der Waals surface area contributed by atoms with Crippen molar-refractivity contribution in [2.24, 2.45) is 7.05 Å². The van der Waals surface area contributed by atoms with Gasteiger partial charge >= 0.3 is 0 Å². The van der Waals surface area contributed by atoms with Gasteiger partial charge in [-0.15, -0.1) is 0 Å². The fraction of sp³-hybridized carbons (Fsp3) is 0.211. The highest BCUT2D eigenvalue weighted by atomic mass is 16.2. The Hall–Kier alpha value is -3.55. The molecule has 0 aliphatic rings. The van der Waals surface area contributed by atoms with Crippen molar-refractivity contribution in [2.45, 2.75) is 13.8 Å². The van der Waals surface area contributed by atoms with E-state index in [0.29, 0.717) is 17.2 Å². The molecule has 0 fully saturated rings. The number of anilines is 1. The Balaban J connectivity index is 1.59. The molecule has 2 N–H and O–H groups in total. The maximum absolute atomic E-state index is 12.1. The Labute approximate surface area is 156 Å². The number of aromatic nitrogens is 4. The van der Waals surface area contributed by atoms with Gasteiger partial charge in [0.05, 0.1) is 12.2 Å². The van der Waals surface area contributed by atoms with Crippen LogP contribution in [-0.2, 0) is 11.8 Å². The second-order valence-corrected chi connectivity index (χ2v) is 6.10. The van der Waals surface area contributed by atoms with E-state index >= 15 is 0 Å². The molecular weight excluding hydrogens is 344 g/mol. The number of amides is 2. The Kier molecular flexibility index (Phi) is 5.25. The van der Waals surface area contributed by atoms with Crippen molar-refractivity contribution < 1.29 is 9.59 Å². The topological polar surface area (TPSA) is 102 Å². The third-order valence-corrected chi connectivity index (χ3v) is 4.00. The quantitative estimate of drug-likeness (QED) is 0.719. The molecule has 0 spiro atoms. The van der Waals surface area contributed by atoms with Gasteiger partial charge in [0.25, 0.3) is 5.91 Å². The molecule has 0 bridgehead atoms. The molecule has 0 unspecified atom stereocenters. The molecule has 0 aliphatic carbocycles. The third kappa shape index (κ3) is 4.35. The first-order chi connectivity index (χ1) is 12.9. The minimum Gasteiger partial charge on any atom is -0.342 e. The summed E-state index contributed by atoms with van der Waals surface area (Å²) in [6.45, 7) is 3.67. The van der Waals surface area contributed by atoms with Crippen molar-refractivity contribution in [2.75, 3.05) is 11.9 Å². The minimum atomic E-state index is -0.352. The number of hydrogen-bond donors (Lipinski definition) is 2. The van der Waals surface area contributed by atoms with Gasteiger partial charge in [-0.2, -0.15) is 5.10 Å². The molecule has 0 radical (unpaired) electrons. The van der Waals surface area contributed by atoms with Gasteiger partial charge < -0.3 is 10.6 Å². The van der Waals surface area contributed by atoms with Crippen molar-refractivity contribution in [1.29, 1.82) is 0 Å². The lowest BCUT2D eigenvalue weighted by atomic mass is 10.1. The Bertz CT molecular complexity index is 978. The zero-order valence-corrected chi connectivity index (χ0v) is 15.4. The molecule has 2 aromatic heterocycles. The molecule has 8 heteroatoms. The van der Waals surface area contributed by atoms with Crippen molar-refractivity contribution in [3.8, 4) is 11.3 Å². The summed E-state index contributed by atoms with van der Waals surface area (Å²) in [4.78, 5) is 32.7. The van der Waals surface area contributed by atoms with Crippen molar-refractivity contribution in [1.82, 2.24) is 25.1 Å². The summed E-state index contributed by atoms with van der Waals surface area (Å²) in [6, 6.07) is 8.96. The highest BCUT2D eigenvalue weighted by Crippen LogP contribution is 2.22. The number of benzene rings is 1. The van der Waals surface area contributed by atoms with E-state index in [1.807, 2.05) is 26.0 Å². The van der Waals surface area contributed by atoms with Gasteiger partial charge in [0.15, 0.2) is 0 Å². The van der Waals surface area contributed by atoms with Crippen molar-refractivity contribution >= 4 is 17.5 Å². The van der Waals surface area contributed by atoms with Gasteiger partial charge in [0, 0.05) is 30.7 Å². The summed E-state index contributed by atoms with van der Waals surface area (Å²) in [5, 5.41) is 9.24. The largest absolute Gasteiger partial charge is 0.342 e. The molecule has 1 aromatic carbocycles. The number of hydrogen-bond acceptors (Lipinski definition) is 5. The number of nitrogens with one attached hydrogen (secondary N) is 2. The molecule has 3 aromatic rings.